The first kappa shape index (κ1) is 10.9. The van der Waals surface area contributed by atoms with Gasteiger partial charge in [0.2, 0.25) is 0 Å². The summed E-state index contributed by atoms with van der Waals surface area (Å²) in [5.74, 6) is 0.490. The second kappa shape index (κ2) is 3.78. The van der Waals surface area contributed by atoms with Crippen molar-refractivity contribution in [1.29, 1.82) is 0 Å². The summed E-state index contributed by atoms with van der Waals surface area (Å²) >= 11 is 0. The molecule has 2 aromatic rings. The van der Waals surface area contributed by atoms with Gasteiger partial charge in [-0.3, -0.25) is 4.79 Å². The molecule has 16 heavy (non-hydrogen) atoms. The lowest BCUT2D eigenvalue weighted by atomic mass is 10.0. The number of aryl methyl sites for hydroxylation is 1. The average molecular weight is 215 g/mol. The molecule has 2 heteroatoms. The predicted molar refractivity (Wildman–Crippen MR) is 67.1 cm³/mol. The van der Waals surface area contributed by atoms with Crippen LogP contribution in [0.5, 0.6) is 0 Å². The van der Waals surface area contributed by atoms with Crippen LogP contribution >= 0.6 is 0 Å². The van der Waals surface area contributed by atoms with Gasteiger partial charge >= 0.3 is 0 Å². The summed E-state index contributed by atoms with van der Waals surface area (Å²) in [4.78, 5) is 11.1. The van der Waals surface area contributed by atoms with E-state index in [1.165, 1.54) is 5.56 Å². The van der Waals surface area contributed by atoms with Crippen LogP contribution in [-0.4, -0.2) is 10.9 Å². The smallest absolute Gasteiger partial charge is 0.152 e. The second-order valence-electron chi connectivity index (χ2n) is 4.61. The Morgan fingerprint density at radius 3 is 2.56 bits per heavy atom. The second-order valence-corrected chi connectivity index (χ2v) is 4.61. The zero-order valence-corrected chi connectivity index (χ0v) is 10.2. The van der Waals surface area contributed by atoms with Crippen molar-refractivity contribution in [2.45, 2.75) is 26.7 Å². The number of carbonyl (C=O) groups is 1. The van der Waals surface area contributed by atoms with Gasteiger partial charge in [0.05, 0.1) is 0 Å². The third-order valence-corrected chi connectivity index (χ3v) is 3.35. The Hall–Kier alpha value is -1.57. The van der Waals surface area contributed by atoms with Crippen molar-refractivity contribution < 1.29 is 4.79 Å². The van der Waals surface area contributed by atoms with Crippen LogP contribution in [0.15, 0.2) is 18.2 Å². The summed E-state index contributed by atoms with van der Waals surface area (Å²) in [7, 11) is 2.00. The molecule has 1 aromatic heterocycles. The number of rotatable bonds is 2. The molecule has 0 aliphatic carbocycles. The largest absolute Gasteiger partial charge is 0.347 e. The molecule has 0 bridgehead atoms. The Labute approximate surface area is 95.9 Å². The number of aldehydes is 1. The quantitative estimate of drug-likeness (QED) is 0.703. The fraction of sp³-hybridized carbons (Fsp3) is 0.357. The number of hydrogen-bond acceptors (Lipinski definition) is 1. The topological polar surface area (TPSA) is 22.0 Å². The van der Waals surface area contributed by atoms with Gasteiger partial charge in [0, 0.05) is 29.2 Å². The highest BCUT2D eigenvalue weighted by atomic mass is 16.1. The lowest BCUT2D eigenvalue weighted by molar-refractivity contribution is 0.112. The first-order valence-electron chi connectivity index (χ1n) is 5.60. The van der Waals surface area contributed by atoms with Gasteiger partial charge in [-0.05, 0) is 30.5 Å². The zero-order chi connectivity index (χ0) is 11.9. The number of benzene rings is 1. The normalized spacial score (nSPS) is 11.3. The summed E-state index contributed by atoms with van der Waals surface area (Å²) in [6, 6.07) is 6.38. The summed E-state index contributed by atoms with van der Waals surface area (Å²) in [6.45, 7) is 6.31. The van der Waals surface area contributed by atoms with Crippen molar-refractivity contribution in [2.24, 2.45) is 7.05 Å². The van der Waals surface area contributed by atoms with Crippen LogP contribution in [0, 0.1) is 6.92 Å². The zero-order valence-electron chi connectivity index (χ0n) is 10.2. The molecule has 1 heterocycles. The van der Waals surface area contributed by atoms with Gasteiger partial charge in [-0.25, -0.2) is 0 Å². The maximum Gasteiger partial charge on any atom is 0.152 e. The summed E-state index contributed by atoms with van der Waals surface area (Å²) in [5.41, 5.74) is 4.26. The minimum absolute atomic E-state index is 0.490. The highest BCUT2D eigenvalue weighted by Crippen LogP contribution is 2.27. The Morgan fingerprint density at radius 1 is 1.31 bits per heavy atom. The van der Waals surface area contributed by atoms with Crippen molar-refractivity contribution in [3.05, 3.63) is 35.0 Å². The molecule has 0 amide bonds. The maximum atomic E-state index is 11.1. The van der Waals surface area contributed by atoms with Crippen LogP contribution in [0.25, 0.3) is 10.9 Å². The van der Waals surface area contributed by atoms with Gasteiger partial charge in [0.25, 0.3) is 0 Å². The van der Waals surface area contributed by atoms with E-state index in [9.17, 15) is 4.79 Å². The predicted octanol–water partition coefficient (Wildman–Crippen LogP) is 3.42. The van der Waals surface area contributed by atoms with E-state index in [0.717, 1.165) is 28.4 Å². The number of nitrogens with zero attached hydrogens (tertiary/aromatic N) is 1. The van der Waals surface area contributed by atoms with Crippen molar-refractivity contribution in [3.8, 4) is 0 Å². The summed E-state index contributed by atoms with van der Waals surface area (Å²) < 4.78 is 2.07. The van der Waals surface area contributed by atoms with Gasteiger partial charge in [0.1, 0.15) is 0 Å². The minimum Gasteiger partial charge on any atom is -0.347 e. The third kappa shape index (κ3) is 1.45. The highest BCUT2D eigenvalue weighted by Gasteiger charge is 2.12. The summed E-state index contributed by atoms with van der Waals surface area (Å²) in [5, 5.41) is 1.07. The molecule has 2 rings (SSSR count). The van der Waals surface area contributed by atoms with Crippen LogP contribution < -0.4 is 0 Å². The molecular weight excluding hydrogens is 198 g/mol. The Morgan fingerprint density at radius 2 is 2.00 bits per heavy atom. The molecule has 0 radical (unpaired) electrons. The van der Waals surface area contributed by atoms with Crippen molar-refractivity contribution >= 4 is 17.2 Å². The van der Waals surface area contributed by atoms with Gasteiger partial charge < -0.3 is 4.57 Å². The Bertz CT molecular complexity index is 549. The molecule has 0 unspecified atom stereocenters. The Kier molecular flexibility index (Phi) is 2.58. The van der Waals surface area contributed by atoms with E-state index in [4.69, 9.17) is 0 Å². The van der Waals surface area contributed by atoms with Crippen LogP contribution in [-0.2, 0) is 7.05 Å². The SMILES string of the molecule is Cc1c(C=O)c2cc(C(C)C)ccc2n1C. The van der Waals surface area contributed by atoms with E-state index < -0.39 is 0 Å². The molecule has 0 aliphatic rings. The van der Waals surface area contributed by atoms with Gasteiger partial charge in [-0.15, -0.1) is 0 Å². The van der Waals surface area contributed by atoms with Crippen LogP contribution in [0.1, 0.15) is 41.4 Å². The molecule has 2 nitrogen and oxygen atoms in total. The molecule has 0 spiro atoms. The van der Waals surface area contributed by atoms with Crippen LogP contribution in [0.2, 0.25) is 0 Å². The highest BCUT2D eigenvalue weighted by molar-refractivity contribution is 5.99. The van der Waals surface area contributed by atoms with E-state index in [-0.39, 0.29) is 0 Å². The first-order chi connectivity index (χ1) is 7.56. The molecule has 1 aromatic carbocycles. The van der Waals surface area contributed by atoms with Gasteiger partial charge in [0.15, 0.2) is 6.29 Å². The summed E-state index contributed by atoms with van der Waals surface area (Å²) in [6.07, 6.45) is 0.960. The first-order valence-corrected chi connectivity index (χ1v) is 5.60. The third-order valence-electron chi connectivity index (χ3n) is 3.35. The van der Waals surface area contributed by atoms with E-state index in [0.29, 0.717) is 5.92 Å². The van der Waals surface area contributed by atoms with Crippen molar-refractivity contribution in [3.63, 3.8) is 0 Å². The van der Waals surface area contributed by atoms with Gasteiger partial charge in [-0.1, -0.05) is 19.9 Å². The molecule has 0 aliphatic heterocycles. The standard InChI is InChI=1S/C14H17NO/c1-9(2)11-5-6-14-12(7-11)13(8-16)10(3)15(14)4/h5-9H,1-4H3. The molecule has 0 N–H and O–H groups in total. The number of hydrogen-bond donors (Lipinski definition) is 0. The lowest BCUT2D eigenvalue weighted by Gasteiger charge is -2.05. The molecule has 0 saturated heterocycles. The average Bonchev–Trinajstić information content (AvgIpc) is 2.51. The van der Waals surface area contributed by atoms with Gasteiger partial charge in [-0.2, -0.15) is 0 Å². The van der Waals surface area contributed by atoms with Crippen LogP contribution in [0.4, 0.5) is 0 Å². The molecule has 0 saturated carbocycles. The van der Waals surface area contributed by atoms with E-state index in [2.05, 4.69) is 36.6 Å². The van der Waals surface area contributed by atoms with Crippen molar-refractivity contribution in [1.82, 2.24) is 4.57 Å². The number of fused-ring (bicyclic) bond motifs is 1. The number of carbonyl (C=O) groups excluding carboxylic acids is 1. The van der Waals surface area contributed by atoms with E-state index >= 15 is 0 Å². The Balaban J connectivity index is 2.81. The van der Waals surface area contributed by atoms with E-state index in [1.54, 1.807) is 0 Å². The fourth-order valence-electron chi connectivity index (χ4n) is 2.13. The van der Waals surface area contributed by atoms with Crippen molar-refractivity contribution in [2.75, 3.05) is 0 Å². The lowest BCUT2D eigenvalue weighted by Crippen LogP contribution is -1.91. The maximum absolute atomic E-state index is 11.1. The monoisotopic (exact) mass is 215 g/mol. The number of aromatic nitrogens is 1. The molecule has 0 fully saturated rings. The fourth-order valence-corrected chi connectivity index (χ4v) is 2.13. The molecular formula is C14H17NO. The molecule has 0 atom stereocenters. The molecule has 84 valence electrons. The minimum atomic E-state index is 0.490. The van der Waals surface area contributed by atoms with E-state index in [1.807, 2.05) is 14.0 Å². The van der Waals surface area contributed by atoms with Crippen LogP contribution in [0.3, 0.4) is 0 Å².